The van der Waals surface area contributed by atoms with Crippen molar-refractivity contribution < 1.29 is 27.5 Å². The quantitative estimate of drug-likeness (QED) is 0.340. The van der Waals surface area contributed by atoms with Crippen molar-refractivity contribution >= 4 is 21.6 Å². The molecule has 1 saturated heterocycles. The number of ether oxygens (including phenoxy) is 2. The van der Waals surface area contributed by atoms with Gasteiger partial charge >= 0.3 is 5.97 Å². The number of para-hydroxylation sites is 1. The van der Waals surface area contributed by atoms with Gasteiger partial charge in [0.1, 0.15) is 17.9 Å². The van der Waals surface area contributed by atoms with Gasteiger partial charge in [-0.25, -0.2) is 13.2 Å². The van der Waals surface area contributed by atoms with E-state index < -0.39 is 22.4 Å². The highest BCUT2D eigenvalue weighted by Crippen LogP contribution is 2.29. The largest absolute Gasteiger partial charge is 0.488 e. The van der Waals surface area contributed by atoms with Gasteiger partial charge in [0.15, 0.2) is 16.4 Å². The highest BCUT2D eigenvalue weighted by Gasteiger charge is 2.31. The predicted molar refractivity (Wildman–Crippen MR) is 133 cm³/mol. The first-order valence-corrected chi connectivity index (χ1v) is 13.3. The molecule has 1 fully saturated rings. The summed E-state index contributed by atoms with van der Waals surface area (Å²) in [6.07, 6.45) is 0.528. The standard InChI is InChI=1S/C27H29NO6S/c1-18-7-6-8-21(13-18)15-33-26-10-5-4-9-23(26)27(30)34-16-25(29)24-14-19(2)28(20(24)3)22-11-12-35(31,32)17-22/h4-10,13-14,22H,11-12,15-17H2,1-3H3. The minimum Gasteiger partial charge on any atom is -0.488 e. The Labute approximate surface area is 205 Å². The van der Waals surface area contributed by atoms with Gasteiger partial charge in [-0.1, -0.05) is 42.0 Å². The Bertz CT molecular complexity index is 1370. The smallest absolute Gasteiger partial charge is 0.342 e. The fourth-order valence-corrected chi connectivity index (χ4v) is 6.31. The van der Waals surface area contributed by atoms with Crippen LogP contribution in [-0.4, -0.2) is 42.9 Å². The van der Waals surface area contributed by atoms with Crippen molar-refractivity contribution in [3.63, 3.8) is 0 Å². The molecule has 1 aliphatic rings. The summed E-state index contributed by atoms with van der Waals surface area (Å²) in [6.45, 7) is 5.52. The Morgan fingerprint density at radius 2 is 1.77 bits per heavy atom. The second-order valence-corrected chi connectivity index (χ2v) is 11.2. The fourth-order valence-electron chi connectivity index (χ4n) is 4.61. The third kappa shape index (κ3) is 5.65. The van der Waals surface area contributed by atoms with E-state index in [4.69, 9.17) is 9.47 Å². The number of nitrogens with zero attached hydrogens (tertiary/aromatic N) is 1. The van der Waals surface area contributed by atoms with Crippen molar-refractivity contribution in [1.29, 1.82) is 0 Å². The van der Waals surface area contributed by atoms with Crippen molar-refractivity contribution in [2.45, 2.75) is 39.8 Å². The molecule has 1 unspecified atom stereocenters. The van der Waals surface area contributed by atoms with Crippen LogP contribution < -0.4 is 4.74 Å². The number of benzene rings is 2. The Morgan fingerprint density at radius 1 is 1.00 bits per heavy atom. The van der Waals surface area contributed by atoms with Gasteiger partial charge in [0, 0.05) is 23.0 Å². The van der Waals surface area contributed by atoms with Gasteiger partial charge in [-0.05, 0) is 51.0 Å². The zero-order chi connectivity index (χ0) is 25.2. The van der Waals surface area contributed by atoms with Crippen LogP contribution in [0.2, 0.25) is 0 Å². The SMILES string of the molecule is Cc1cccc(COc2ccccc2C(=O)OCC(=O)c2cc(C)n(C3CCS(=O)(=O)C3)c2C)c1. The molecule has 8 heteroatoms. The summed E-state index contributed by atoms with van der Waals surface area (Å²) < 4.78 is 36.9. The second-order valence-electron chi connectivity index (χ2n) is 8.98. The highest BCUT2D eigenvalue weighted by atomic mass is 32.2. The van der Waals surface area contributed by atoms with E-state index in [0.29, 0.717) is 30.0 Å². The van der Waals surface area contributed by atoms with Crippen LogP contribution >= 0.6 is 0 Å². The van der Waals surface area contributed by atoms with Crippen LogP contribution in [0.15, 0.2) is 54.6 Å². The normalized spacial score (nSPS) is 16.7. The van der Waals surface area contributed by atoms with E-state index in [-0.39, 0.29) is 28.9 Å². The van der Waals surface area contributed by atoms with Gasteiger partial charge in [-0.2, -0.15) is 0 Å². The molecule has 0 saturated carbocycles. The van der Waals surface area contributed by atoms with Gasteiger partial charge < -0.3 is 14.0 Å². The summed E-state index contributed by atoms with van der Waals surface area (Å²) in [5.41, 5.74) is 4.28. The lowest BCUT2D eigenvalue weighted by atomic mass is 10.1. The minimum atomic E-state index is -3.06. The van der Waals surface area contributed by atoms with E-state index in [1.54, 1.807) is 37.3 Å². The number of ketones is 1. The van der Waals surface area contributed by atoms with Gasteiger partial charge in [0.2, 0.25) is 5.78 Å². The molecule has 35 heavy (non-hydrogen) atoms. The Hall–Kier alpha value is -3.39. The Kier molecular flexibility index (Phi) is 7.12. The lowest BCUT2D eigenvalue weighted by Gasteiger charge is -2.16. The van der Waals surface area contributed by atoms with E-state index in [1.165, 1.54) is 0 Å². The number of aromatic nitrogens is 1. The van der Waals surface area contributed by atoms with Gasteiger partial charge in [-0.3, -0.25) is 4.79 Å². The van der Waals surface area contributed by atoms with Crippen LogP contribution in [0, 0.1) is 20.8 Å². The topological polar surface area (TPSA) is 91.7 Å². The molecule has 0 bridgehead atoms. The van der Waals surface area contributed by atoms with Gasteiger partial charge in [0.25, 0.3) is 0 Å². The molecule has 0 aliphatic carbocycles. The maximum absolute atomic E-state index is 12.9. The summed E-state index contributed by atoms with van der Waals surface area (Å²) in [6, 6.07) is 16.2. The summed E-state index contributed by atoms with van der Waals surface area (Å²) in [7, 11) is -3.06. The van der Waals surface area contributed by atoms with Crippen LogP contribution in [-0.2, 0) is 21.2 Å². The first-order chi connectivity index (χ1) is 16.6. The first kappa shape index (κ1) is 24.7. The molecule has 2 heterocycles. The molecular formula is C27H29NO6S. The molecule has 0 radical (unpaired) electrons. The third-order valence-corrected chi connectivity index (χ3v) is 8.03. The number of esters is 1. The molecular weight excluding hydrogens is 466 g/mol. The lowest BCUT2D eigenvalue weighted by molar-refractivity contribution is 0.0470. The van der Waals surface area contributed by atoms with Crippen LogP contribution in [0.25, 0.3) is 0 Å². The number of aryl methyl sites for hydroxylation is 2. The van der Waals surface area contributed by atoms with Crippen molar-refractivity contribution in [2.75, 3.05) is 18.1 Å². The number of rotatable bonds is 8. The summed E-state index contributed by atoms with van der Waals surface area (Å²) in [5.74, 6) is -0.371. The van der Waals surface area contributed by atoms with Crippen molar-refractivity contribution in [1.82, 2.24) is 4.57 Å². The zero-order valence-corrected chi connectivity index (χ0v) is 20.9. The van der Waals surface area contributed by atoms with E-state index in [2.05, 4.69) is 0 Å². The third-order valence-electron chi connectivity index (χ3n) is 6.28. The zero-order valence-electron chi connectivity index (χ0n) is 20.1. The highest BCUT2D eigenvalue weighted by molar-refractivity contribution is 7.91. The maximum atomic E-state index is 12.9. The van der Waals surface area contributed by atoms with Crippen LogP contribution in [0.3, 0.4) is 0 Å². The Morgan fingerprint density at radius 3 is 2.49 bits per heavy atom. The lowest BCUT2D eigenvalue weighted by Crippen LogP contribution is -2.17. The molecule has 2 aromatic carbocycles. The van der Waals surface area contributed by atoms with Gasteiger partial charge in [0.05, 0.1) is 11.5 Å². The number of hydrogen-bond acceptors (Lipinski definition) is 6. The summed E-state index contributed by atoms with van der Waals surface area (Å²) in [5, 5.41) is 0. The van der Waals surface area contributed by atoms with Crippen LogP contribution in [0.4, 0.5) is 0 Å². The van der Waals surface area contributed by atoms with E-state index in [9.17, 15) is 18.0 Å². The van der Waals surface area contributed by atoms with E-state index in [0.717, 1.165) is 16.8 Å². The molecule has 1 aromatic heterocycles. The Balaban J connectivity index is 1.42. The van der Waals surface area contributed by atoms with Crippen molar-refractivity contribution in [3.05, 3.63) is 88.2 Å². The summed E-state index contributed by atoms with van der Waals surface area (Å²) >= 11 is 0. The second kappa shape index (κ2) is 10.1. The molecule has 3 aromatic rings. The van der Waals surface area contributed by atoms with Gasteiger partial charge in [-0.15, -0.1) is 0 Å². The van der Waals surface area contributed by atoms with E-state index in [1.807, 2.05) is 42.7 Å². The number of sulfone groups is 1. The maximum Gasteiger partial charge on any atom is 0.342 e. The molecule has 7 nitrogen and oxygen atoms in total. The average molecular weight is 496 g/mol. The van der Waals surface area contributed by atoms with Crippen molar-refractivity contribution in [2.24, 2.45) is 0 Å². The predicted octanol–water partition coefficient (Wildman–Crippen LogP) is 4.39. The number of carbonyl (C=O) groups is 2. The van der Waals surface area contributed by atoms with E-state index >= 15 is 0 Å². The molecule has 0 amide bonds. The monoisotopic (exact) mass is 495 g/mol. The number of Topliss-reactive ketones (excluding diaryl/α,β-unsaturated/α-hetero) is 1. The van der Waals surface area contributed by atoms with Crippen molar-refractivity contribution in [3.8, 4) is 5.75 Å². The summed E-state index contributed by atoms with van der Waals surface area (Å²) in [4.78, 5) is 25.7. The van der Waals surface area contributed by atoms with Crippen LogP contribution in [0.5, 0.6) is 5.75 Å². The molecule has 4 rings (SSSR count). The van der Waals surface area contributed by atoms with Crippen LogP contribution in [0.1, 0.15) is 55.7 Å². The molecule has 1 aliphatic heterocycles. The number of carbonyl (C=O) groups excluding carboxylic acids is 2. The molecule has 184 valence electrons. The molecule has 0 spiro atoms. The minimum absolute atomic E-state index is 0.0747. The fraction of sp³-hybridized carbons (Fsp3) is 0.333. The first-order valence-electron chi connectivity index (χ1n) is 11.5. The molecule has 0 N–H and O–H groups in total. The molecule has 1 atom stereocenters. The number of hydrogen-bond donors (Lipinski definition) is 0. The average Bonchev–Trinajstić information content (AvgIpc) is 3.33.